The summed E-state index contributed by atoms with van der Waals surface area (Å²) >= 11 is 0. The van der Waals surface area contributed by atoms with Crippen molar-refractivity contribution < 1.29 is 9.59 Å². The largest absolute Gasteiger partial charge is 0.324 e. The highest BCUT2D eigenvalue weighted by atomic mass is 16.2. The van der Waals surface area contributed by atoms with Crippen LogP contribution in [0.3, 0.4) is 0 Å². The number of urea groups is 1. The normalized spacial score (nSPS) is 21.3. The van der Waals surface area contributed by atoms with E-state index in [1.54, 1.807) is 0 Å². The standard InChI is InChI=1S/C16H19N5O2/c1-19-14(22)16(18-15(19)23)5-8-20(9-6-16)10-12-11-21-7-3-2-4-13(21)17-12/h2-4,7,11H,5-6,8-10H2,1H3,(H,18,23). The highest BCUT2D eigenvalue weighted by Gasteiger charge is 2.50. The molecule has 120 valence electrons. The first kappa shape index (κ1) is 14.2. The van der Waals surface area contributed by atoms with E-state index >= 15 is 0 Å². The third-order valence-corrected chi connectivity index (χ3v) is 4.87. The number of likely N-dealkylation sites (tertiary alicyclic amines) is 1. The number of imidazole rings is 1. The lowest BCUT2D eigenvalue weighted by atomic mass is 9.87. The second-order valence-electron chi connectivity index (χ2n) is 6.35. The molecule has 2 saturated heterocycles. The Labute approximate surface area is 133 Å². The van der Waals surface area contributed by atoms with Gasteiger partial charge in [-0.15, -0.1) is 0 Å². The smallest absolute Gasteiger partial charge is 0.323 e. The van der Waals surface area contributed by atoms with Crippen molar-refractivity contribution in [3.05, 3.63) is 36.3 Å². The minimum atomic E-state index is -0.693. The topological polar surface area (TPSA) is 70.0 Å². The number of rotatable bonds is 2. The van der Waals surface area contributed by atoms with Crippen LogP contribution < -0.4 is 5.32 Å². The van der Waals surface area contributed by atoms with Crippen LogP contribution in [0.4, 0.5) is 4.79 Å². The van der Waals surface area contributed by atoms with E-state index in [4.69, 9.17) is 0 Å². The molecular weight excluding hydrogens is 294 g/mol. The molecule has 0 unspecified atom stereocenters. The lowest BCUT2D eigenvalue weighted by Gasteiger charge is -2.36. The Hall–Kier alpha value is -2.41. The van der Waals surface area contributed by atoms with E-state index < -0.39 is 5.54 Å². The fourth-order valence-corrected chi connectivity index (χ4v) is 3.48. The van der Waals surface area contributed by atoms with Crippen molar-refractivity contribution in [1.82, 2.24) is 24.5 Å². The van der Waals surface area contributed by atoms with Crippen molar-refractivity contribution in [3.8, 4) is 0 Å². The average Bonchev–Trinajstić information content (AvgIpc) is 3.05. The van der Waals surface area contributed by atoms with E-state index in [1.165, 1.54) is 11.9 Å². The van der Waals surface area contributed by atoms with Gasteiger partial charge in [0, 0.05) is 39.1 Å². The van der Waals surface area contributed by atoms with Crippen LogP contribution in [0.5, 0.6) is 0 Å². The number of nitrogens with one attached hydrogen (secondary N) is 1. The van der Waals surface area contributed by atoms with E-state index in [-0.39, 0.29) is 11.9 Å². The molecule has 0 aliphatic carbocycles. The SMILES string of the molecule is CN1C(=O)NC2(CCN(Cc3cn4ccccc4n3)CC2)C1=O. The zero-order valence-corrected chi connectivity index (χ0v) is 13.0. The van der Waals surface area contributed by atoms with Gasteiger partial charge in [-0.1, -0.05) is 6.07 Å². The molecule has 0 saturated carbocycles. The van der Waals surface area contributed by atoms with Crippen LogP contribution in [0, 0.1) is 0 Å². The number of pyridine rings is 1. The number of amides is 3. The highest BCUT2D eigenvalue weighted by Crippen LogP contribution is 2.29. The molecule has 3 amide bonds. The molecule has 2 aliphatic rings. The van der Waals surface area contributed by atoms with Crippen molar-refractivity contribution in [3.63, 3.8) is 0 Å². The van der Waals surface area contributed by atoms with Crippen molar-refractivity contribution >= 4 is 17.6 Å². The first-order chi connectivity index (χ1) is 11.1. The van der Waals surface area contributed by atoms with Crippen molar-refractivity contribution in [2.24, 2.45) is 0 Å². The van der Waals surface area contributed by atoms with E-state index in [9.17, 15) is 9.59 Å². The monoisotopic (exact) mass is 313 g/mol. The van der Waals surface area contributed by atoms with Gasteiger partial charge in [0.15, 0.2) is 0 Å². The first-order valence-corrected chi connectivity index (χ1v) is 7.83. The Morgan fingerprint density at radius 1 is 1.26 bits per heavy atom. The van der Waals surface area contributed by atoms with Crippen LogP contribution in [-0.2, 0) is 11.3 Å². The van der Waals surface area contributed by atoms with Gasteiger partial charge in [0.05, 0.1) is 5.69 Å². The molecule has 1 spiro atoms. The van der Waals surface area contributed by atoms with Crippen molar-refractivity contribution in [2.75, 3.05) is 20.1 Å². The molecule has 2 fully saturated rings. The number of carbonyl (C=O) groups is 2. The summed E-state index contributed by atoms with van der Waals surface area (Å²) in [6.45, 7) is 2.30. The van der Waals surface area contributed by atoms with E-state index in [0.717, 1.165) is 31.0 Å². The highest BCUT2D eigenvalue weighted by molar-refractivity contribution is 6.06. The number of piperidine rings is 1. The Balaban J connectivity index is 1.44. The number of hydrogen-bond acceptors (Lipinski definition) is 4. The van der Waals surface area contributed by atoms with E-state index in [2.05, 4.69) is 15.2 Å². The van der Waals surface area contributed by atoms with Gasteiger partial charge in [-0.2, -0.15) is 0 Å². The predicted molar refractivity (Wildman–Crippen MR) is 83.7 cm³/mol. The quantitative estimate of drug-likeness (QED) is 0.835. The van der Waals surface area contributed by atoms with Crippen LogP contribution >= 0.6 is 0 Å². The van der Waals surface area contributed by atoms with Gasteiger partial charge in [-0.05, 0) is 25.0 Å². The summed E-state index contributed by atoms with van der Waals surface area (Å²) in [6.07, 6.45) is 5.32. The van der Waals surface area contributed by atoms with E-state index in [0.29, 0.717) is 12.8 Å². The lowest BCUT2D eigenvalue weighted by Crippen LogP contribution is -2.54. The maximum Gasteiger partial charge on any atom is 0.324 e. The molecule has 2 aromatic heterocycles. The molecule has 4 rings (SSSR count). The van der Waals surface area contributed by atoms with Gasteiger partial charge in [0.25, 0.3) is 5.91 Å². The second-order valence-corrected chi connectivity index (χ2v) is 6.35. The molecule has 7 heteroatoms. The molecule has 7 nitrogen and oxygen atoms in total. The molecule has 0 atom stereocenters. The summed E-state index contributed by atoms with van der Waals surface area (Å²) in [6, 6.07) is 5.65. The molecule has 23 heavy (non-hydrogen) atoms. The fraction of sp³-hybridized carbons (Fsp3) is 0.438. The van der Waals surface area contributed by atoms with Crippen molar-refractivity contribution in [1.29, 1.82) is 0 Å². The molecule has 2 aromatic rings. The van der Waals surface area contributed by atoms with Gasteiger partial charge in [-0.3, -0.25) is 14.6 Å². The second kappa shape index (κ2) is 5.06. The predicted octanol–water partition coefficient (Wildman–Crippen LogP) is 0.850. The van der Waals surface area contributed by atoms with E-state index in [1.807, 2.05) is 35.0 Å². The summed E-state index contributed by atoms with van der Waals surface area (Å²) in [5, 5.41) is 2.87. The van der Waals surface area contributed by atoms with Gasteiger partial charge in [0.1, 0.15) is 11.2 Å². The zero-order valence-electron chi connectivity index (χ0n) is 13.0. The van der Waals surface area contributed by atoms with Gasteiger partial charge >= 0.3 is 6.03 Å². The summed E-state index contributed by atoms with van der Waals surface area (Å²) in [4.78, 5) is 32.1. The maximum atomic E-state index is 12.3. The summed E-state index contributed by atoms with van der Waals surface area (Å²) in [5.74, 6) is -0.102. The molecule has 1 N–H and O–H groups in total. The number of fused-ring (bicyclic) bond motifs is 1. The van der Waals surface area contributed by atoms with Crippen LogP contribution in [0.25, 0.3) is 5.65 Å². The molecule has 4 heterocycles. The minimum absolute atomic E-state index is 0.102. The molecule has 2 aliphatic heterocycles. The summed E-state index contributed by atoms with van der Waals surface area (Å²) < 4.78 is 2.01. The number of imide groups is 1. The Bertz CT molecular complexity index is 743. The summed E-state index contributed by atoms with van der Waals surface area (Å²) in [7, 11) is 1.54. The van der Waals surface area contributed by atoms with Crippen LogP contribution in [0.2, 0.25) is 0 Å². The average molecular weight is 313 g/mol. The number of likely N-dealkylation sites (N-methyl/N-ethyl adjacent to an activating group) is 1. The first-order valence-electron chi connectivity index (χ1n) is 7.83. The van der Waals surface area contributed by atoms with Crippen molar-refractivity contribution in [2.45, 2.75) is 24.9 Å². The van der Waals surface area contributed by atoms with Crippen LogP contribution in [-0.4, -0.2) is 56.8 Å². The Morgan fingerprint density at radius 3 is 2.70 bits per heavy atom. The molecular formula is C16H19N5O2. The molecule has 0 bridgehead atoms. The van der Waals surface area contributed by atoms with Gasteiger partial charge in [-0.25, -0.2) is 9.78 Å². The number of aromatic nitrogens is 2. The number of hydrogen-bond donors (Lipinski definition) is 1. The third kappa shape index (κ3) is 2.28. The number of carbonyl (C=O) groups excluding carboxylic acids is 2. The van der Waals surface area contributed by atoms with Gasteiger partial charge < -0.3 is 9.72 Å². The maximum absolute atomic E-state index is 12.3. The number of nitrogens with zero attached hydrogens (tertiary/aromatic N) is 4. The fourth-order valence-electron chi connectivity index (χ4n) is 3.48. The third-order valence-electron chi connectivity index (χ3n) is 4.87. The minimum Gasteiger partial charge on any atom is -0.323 e. The Kier molecular flexibility index (Phi) is 3.12. The van der Waals surface area contributed by atoms with Gasteiger partial charge in [0.2, 0.25) is 0 Å². The lowest BCUT2D eigenvalue weighted by molar-refractivity contribution is -0.132. The molecule has 0 radical (unpaired) electrons. The molecule has 0 aromatic carbocycles. The Morgan fingerprint density at radius 2 is 2.04 bits per heavy atom. The van der Waals surface area contributed by atoms with Crippen LogP contribution in [0.15, 0.2) is 30.6 Å². The summed E-state index contributed by atoms with van der Waals surface area (Å²) in [5.41, 5.74) is 1.27. The zero-order chi connectivity index (χ0) is 16.0. The van der Waals surface area contributed by atoms with Crippen LogP contribution in [0.1, 0.15) is 18.5 Å².